The van der Waals surface area contributed by atoms with Crippen LogP contribution in [0, 0.1) is 5.92 Å². The Balaban J connectivity index is 0.00000161. The second-order valence-corrected chi connectivity index (χ2v) is 5.98. The first-order valence-electron chi connectivity index (χ1n) is 6.93. The Kier molecular flexibility index (Phi) is 5.79. The summed E-state index contributed by atoms with van der Waals surface area (Å²) in [6.45, 7) is 1.69. The number of hydrogen-bond acceptors (Lipinski definition) is 3. The van der Waals surface area contributed by atoms with E-state index in [4.69, 9.17) is 0 Å². The van der Waals surface area contributed by atoms with E-state index < -0.39 is 0 Å². The summed E-state index contributed by atoms with van der Waals surface area (Å²) in [5.41, 5.74) is 3.40. The van der Waals surface area contributed by atoms with Gasteiger partial charge in [-0.1, -0.05) is 12.1 Å². The van der Waals surface area contributed by atoms with Gasteiger partial charge in [0.25, 0.3) is 0 Å². The van der Waals surface area contributed by atoms with E-state index in [2.05, 4.69) is 33.5 Å². The molecule has 2 aromatic rings. The molecule has 1 aromatic carbocycles. The van der Waals surface area contributed by atoms with Crippen molar-refractivity contribution in [2.45, 2.75) is 25.9 Å². The smallest absolute Gasteiger partial charge is 0.227 e. The highest BCUT2D eigenvalue weighted by molar-refractivity contribution is 7.07. The molecule has 3 nitrogen and oxygen atoms in total. The molecule has 1 fully saturated rings. The Hall–Kier alpha value is -1.36. The van der Waals surface area contributed by atoms with Crippen molar-refractivity contribution in [3.05, 3.63) is 52.2 Å². The van der Waals surface area contributed by atoms with Gasteiger partial charge >= 0.3 is 0 Å². The summed E-state index contributed by atoms with van der Waals surface area (Å²) in [6, 6.07) is 10.2. The van der Waals surface area contributed by atoms with Crippen LogP contribution in [0.15, 0.2) is 41.1 Å². The quantitative estimate of drug-likeness (QED) is 0.849. The van der Waals surface area contributed by atoms with Gasteiger partial charge in [0, 0.05) is 24.7 Å². The van der Waals surface area contributed by atoms with E-state index in [9.17, 15) is 4.79 Å². The van der Waals surface area contributed by atoms with E-state index in [0.29, 0.717) is 0 Å². The van der Waals surface area contributed by atoms with Gasteiger partial charge in [-0.25, -0.2) is 0 Å². The van der Waals surface area contributed by atoms with Crippen molar-refractivity contribution in [1.82, 2.24) is 5.32 Å². The molecule has 0 unspecified atom stereocenters. The van der Waals surface area contributed by atoms with Crippen molar-refractivity contribution in [2.75, 3.05) is 5.32 Å². The maximum absolute atomic E-state index is 11.7. The van der Waals surface area contributed by atoms with Crippen LogP contribution in [0.5, 0.6) is 0 Å². The third-order valence-electron chi connectivity index (χ3n) is 3.38. The number of carbonyl (C=O) groups is 1. The van der Waals surface area contributed by atoms with Crippen LogP contribution < -0.4 is 10.6 Å². The highest BCUT2D eigenvalue weighted by atomic mass is 35.5. The second-order valence-electron chi connectivity index (χ2n) is 5.20. The summed E-state index contributed by atoms with van der Waals surface area (Å²) in [5.74, 6) is 0.406. The van der Waals surface area contributed by atoms with Crippen LogP contribution in [0.1, 0.15) is 24.0 Å². The van der Waals surface area contributed by atoms with Crippen molar-refractivity contribution in [3.63, 3.8) is 0 Å². The molecule has 112 valence electrons. The van der Waals surface area contributed by atoms with E-state index in [1.54, 1.807) is 11.3 Å². The molecule has 0 radical (unpaired) electrons. The fraction of sp³-hybridized carbons (Fsp3) is 0.312. The monoisotopic (exact) mass is 322 g/mol. The highest BCUT2D eigenvalue weighted by Crippen LogP contribution is 2.30. The van der Waals surface area contributed by atoms with Gasteiger partial charge in [-0.2, -0.15) is 11.3 Å². The molecule has 0 spiro atoms. The molecule has 1 heterocycles. The molecule has 1 aliphatic carbocycles. The SMILES string of the molecule is Cl.O=C(Nc1cccc(CNCc2ccsc2)c1)C1CC1. The van der Waals surface area contributed by atoms with Crippen LogP contribution in [0.25, 0.3) is 0 Å². The number of amides is 1. The first-order chi connectivity index (χ1) is 9.81. The first kappa shape index (κ1) is 16.0. The Morgan fingerprint density at radius 3 is 2.71 bits per heavy atom. The molecular formula is C16H19ClN2OS. The molecule has 5 heteroatoms. The lowest BCUT2D eigenvalue weighted by molar-refractivity contribution is -0.117. The number of rotatable bonds is 6. The van der Waals surface area contributed by atoms with E-state index in [-0.39, 0.29) is 24.2 Å². The number of halogens is 1. The van der Waals surface area contributed by atoms with E-state index in [1.807, 2.05) is 18.2 Å². The van der Waals surface area contributed by atoms with Gasteiger partial charge in [-0.15, -0.1) is 12.4 Å². The zero-order valence-corrected chi connectivity index (χ0v) is 13.3. The van der Waals surface area contributed by atoms with Crippen LogP contribution in [0.4, 0.5) is 5.69 Å². The maximum atomic E-state index is 11.7. The third-order valence-corrected chi connectivity index (χ3v) is 4.11. The van der Waals surface area contributed by atoms with Crippen molar-refractivity contribution in [3.8, 4) is 0 Å². The molecule has 0 atom stereocenters. The average molecular weight is 323 g/mol. The molecule has 1 aliphatic rings. The van der Waals surface area contributed by atoms with Crippen LogP contribution in [0.2, 0.25) is 0 Å². The molecule has 3 rings (SSSR count). The predicted octanol–water partition coefficient (Wildman–Crippen LogP) is 3.81. The second kappa shape index (κ2) is 7.59. The van der Waals surface area contributed by atoms with E-state index in [1.165, 1.54) is 11.1 Å². The van der Waals surface area contributed by atoms with Crippen LogP contribution in [0.3, 0.4) is 0 Å². The van der Waals surface area contributed by atoms with E-state index in [0.717, 1.165) is 31.6 Å². The van der Waals surface area contributed by atoms with Crippen LogP contribution in [-0.4, -0.2) is 5.91 Å². The summed E-state index contributed by atoms with van der Waals surface area (Å²) in [7, 11) is 0. The largest absolute Gasteiger partial charge is 0.326 e. The van der Waals surface area contributed by atoms with Crippen LogP contribution >= 0.6 is 23.7 Å². The summed E-state index contributed by atoms with van der Waals surface area (Å²) in [6.07, 6.45) is 2.07. The molecule has 21 heavy (non-hydrogen) atoms. The average Bonchev–Trinajstić information content (AvgIpc) is 3.18. The summed E-state index contributed by atoms with van der Waals surface area (Å²) >= 11 is 1.72. The molecule has 1 aromatic heterocycles. The number of anilines is 1. The number of hydrogen-bond donors (Lipinski definition) is 2. The zero-order chi connectivity index (χ0) is 13.8. The molecule has 1 saturated carbocycles. The minimum atomic E-state index is 0. The Bertz CT molecular complexity index is 582. The van der Waals surface area contributed by atoms with Gasteiger partial charge in [0.15, 0.2) is 0 Å². The van der Waals surface area contributed by atoms with Crippen molar-refractivity contribution in [2.24, 2.45) is 5.92 Å². The van der Waals surface area contributed by atoms with Crippen molar-refractivity contribution < 1.29 is 4.79 Å². The van der Waals surface area contributed by atoms with Gasteiger partial charge in [0.1, 0.15) is 0 Å². The fourth-order valence-corrected chi connectivity index (χ4v) is 2.76. The topological polar surface area (TPSA) is 41.1 Å². The normalized spacial score (nSPS) is 13.5. The van der Waals surface area contributed by atoms with Gasteiger partial charge in [-0.05, 0) is 52.9 Å². The highest BCUT2D eigenvalue weighted by Gasteiger charge is 2.29. The van der Waals surface area contributed by atoms with Crippen molar-refractivity contribution in [1.29, 1.82) is 0 Å². The van der Waals surface area contributed by atoms with Gasteiger partial charge in [0.2, 0.25) is 5.91 Å². The number of thiophene rings is 1. The Morgan fingerprint density at radius 1 is 1.19 bits per heavy atom. The van der Waals surface area contributed by atoms with Crippen LogP contribution in [-0.2, 0) is 17.9 Å². The van der Waals surface area contributed by atoms with Gasteiger partial charge < -0.3 is 10.6 Å². The van der Waals surface area contributed by atoms with Gasteiger partial charge in [-0.3, -0.25) is 4.79 Å². The minimum absolute atomic E-state index is 0. The minimum Gasteiger partial charge on any atom is -0.326 e. The number of carbonyl (C=O) groups excluding carboxylic acids is 1. The standard InChI is InChI=1S/C16H18N2OS.ClH/c19-16(14-4-5-14)18-15-3-1-2-12(8-15)9-17-10-13-6-7-20-11-13;/h1-3,6-8,11,14,17H,4-5,9-10H2,(H,18,19);1H. The first-order valence-corrected chi connectivity index (χ1v) is 7.87. The molecule has 0 saturated heterocycles. The molecule has 2 N–H and O–H groups in total. The summed E-state index contributed by atoms with van der Waals surface area (Å²) in [4.78, 5) is 11.7. The lowest BCUT2D eigenvalue weighted by atomic mass is 10.2. The Labute approximate surface area is 135 Å². The predicted molar refractivity (Wildman–Crippen MR) is 89.9 cm³/mol. The molecule has 0 aliphatic heterocycles. The lowest BCUT2D eigenvalue weighted by Gasteiger charge is -2.08. The molecule has 1 amide bonds. The number of benzene rings is 1. The summed E-state index contributed by atoms with van der Waals surface area (Å²) in [5, 5.41) is 10.6. The van der Waals surface area contributed by atoms with E-state index >= 15 is 0 Å². The maximum Gasteiger partial charge on any atom is 0.227 e. The zero-order valence-electron chi connectivity index (χ0n) is 11.7. The summed E-state index contributed by atoms with van der Waals surface area (Å²) < 4.78 is 0. The van der Waals surface area contributed by atoms with Crippen molar-refractivity contribution >= 4 is 35.3 Å². The van der Waals surface area contributed by atoms with Gasteiger partial charge in [0.05, 0.1) is 0 Å². The molecular weight excluding hydrogens is 304 g/mol. The lowest BCUT2D eigenvalue weighted by Crippen LogP contribution is -2.15. The number of nitrogens with one attached hydrogen (secondary N) is 2. The fourth-order valence-electron chi connectivity index (χ4n) is 2.09. The Morgan fingerprint density at radius 2 is 2.00 bits per heavy atom. The molecule has 0 bridgehead atoms. The third kappa shape index (κ3) is 4.84.